The van der Waals surface area contributed by atoms with Crippen LogP contribution in [0.2, 0.25) is 5.02 Å². The molecular weight excluding hydrogens is 466 g/mol. The monoisotopic (exact) mass is 485 g/mol. The standard InChI is InChI=1S/C23H20ClN3O3S2/c1-3-27-22(29)21-17(12-19(32-21)14-7-5-4-6-8-14)26-23(27)31-13-20(28)25-15-9-10-18(30-2)16(24)11-15/h4-12H,3,13H2,1-2H3,(H,25,28). The van der Waals surface area contributed by atoms with E-state index in [4.69, 9.17) is 16.3 Å². The van der Waals surface area contributed by atoms with Crippen LogP contribution in [0.1, 0.15) is 6.92 Å². The van der Waals surface area contributed by atoms with Crippen molar-refractivity contribution >= 4 is 56.5 Å². The molecule has 0 unspecified atom stereocenters. The average Bonchev–Trinajstić information content (AvgIpc) is 3.23. The number of amides is 1. The molecule has 32 heavy (non-hydrogen) atoms. The third kappa shape index (κ3) is 4.67. The molecule has 1 N–H and O–H groups in total. The Balaban J connectivity index is 1.55. The van der Waals surface area contributed by atoms with Gasteiger partial charge in [0.05, 0.1) is 23.4 Å². The number of aromatic nitrogens is 2. The van der Waals surface area contributed by atoms with Gasteiger partial charge in [-0.05, 0) is 36.8 Å². The summed E-state index contributed by atoms with van der Waals surface area (Å²) in [6.07, 6.45) is 0. The van der Waals surface area contributed by atoms with Crippen molar-refractivity contribution in [3.8, 4) is 16.2 Å². The average molecular weight is 486 g/mol. The maximum absolute atomic E-state index is 13.1. The molecular formula is C23H20ClN3O3S2. The van der Waals surface area contributed by atoms with Gasteiger partial charge in [0.1, 0.15) is 10.4 Å². The summed E-state index contributed by atoms with van der Waals surface area (Å²) in [5.41, 5.74) is 2.18. The van der Waals surface area contributed by atoms with Crippen LogP contribution in [-0.2, 0) is 11.3 Å². The number of thiophene rings is 1. The lowest BCUT2D eigenvalue weighted by atomic mass is 10.2. The Morgan fingerprint density at radius 2 is 2.00 bits per heavy atom. The number of fused-ring (bicyclic) bond motifs is 1. The third-order valence-corrected chi connectivity index (χ3v) is 7.17. The highest BCUT2D eigenvalue weighted by Crippen LogP contribution is 2.32. The first-order chi connectivity index (χ1) is 15.5. The highest BCUT2D eigenvalue weighted by molar-refractivity contribution is 7.99. The first-order valence-corrected chi connectivity index (χ1v) is 12.0. The van der Waals surface area contributed by atoms with E-state index in [9.17, 15) is 9.59 Å². The van der Waals surface area contributed by atoms with E-state index < -0.39 is 0 Å². The van der Waals surface area contributed by atoms with Crippen molar-refractivity contribution < 1.29 is 9.53 Å². The Bertz CT molecular complexity index is 1340. The summed E-state index contributed by atoms with van der Waals surface area (Å²) in [5.74, 6) is 0.426. The van der Waals surface area contributed by atoms with Crippen molar-refractivity contribution in [3.63, 3.8) is 0 Å². The number of hydrogen-bond donors (Lipinski definition) is 1. The molecule has 164 valence electrons. The molecule has 0 radical (unpaired) electrons. The molecule has 2 heterocycles. The van der Waals surface area contributed by atoms with Crippen LogP contribution >= 0.6 is 34.7 Å². The van der Waals surface area contributed by atoms with Crippen LogP contribution in [0.3, 0.4) is 0 Å². The smallest absolute Gasteiger partial charge is 0.272 e. The van der Waals surface area contributed by atoms with E-state index in [1.165, 1.54) is 30.2 Å². The van der Waals surface area contributed by atoms with Crippen molar-refractivity contribution in [1.82, 2.24) is 9.55 Å². The number of hydrogen-bond acceptors (Lipinski definition) is 6. The summed E-state index contributed by atoms with van der Waals surface area (Å²) < 4.78 is 7.35. The van der Waals surface area contributed by atoms with Gasteiger partial charge >= 0.3 is 0 Å². The zero-order chi connectivity index (χ0) is 22.7. The number of halogens is 1. The summed E-state index contributed by atoms with van der Waals surface area (Å²) >= 11 is 8.79. The summed E-state index contributed by atoms with van der Waals surface area (Å²) in [4.78, 5) is 31.2. The van der Waals surface area contributed by atoms with Crippen LogP contribution < -0.4 is 15.6 Å². The number of carbonyl (C=O) groups is 1. The van der Waals surface area contributed by atoms with Gasteiger partial charge in [0.2, 0.25) is 5.91 Å². The first kappa shape index (κ1) is 22.4. The number of anilines is 1. The molecule has 4 rings (SSSR count). The van der Waals surface area contributed by atoms with Gasteiger partial charge in [-0.15, -0.1) is 11.3 Å². The number of rotatable bonds is 7. The fraction of sp³-hybridized carbons (Fsp3) is 0.174. The van der Waals surface area contributed by atoms with Gasteiger partial charge in [0.15, 0.2) is 5.16 Å². The van der Waals surface area contributed by atoms with Gasteiger partial charge in [-0.25, -0.2) is 4.98 Å². The quantitative estimate of drug-likeness (QED) is 0.275. The highest BCUT2D eigenvalue weighted by Gasteiger charge is 2.16. The van der Waals surface area contributed by atoms with Gasteiger partial charge < -0.3 is 10.1 Å². The predicted octanol–water partition coefficient (Wildman–Crippen LogP) is 5.54. The Hall–Kier alpha value is -2.81. The number of nitrogens with one attached hydrogen (secondary N) is 1. The van der Waals surface area contributed by atoms with Gasteiger partial charge in [-0.2, -0.15) is 0 Å². The van der Waals surface area contributed by atoms with E-state index in [-0.39, 0.29) is 17.2 Å². The van der Waals surface area contributed by atoms with E-state index in [0.717, 1.165) is 10.4 Å². The summed E-state index contributed by atoms with van der Waals surface area (Å²) in [5, 5.41) is 3.74. The summed E-state index contributed by atoms with van der Waals surface area (Å²) in [7, 11) is 1.53. The lowest BCUT2D eigenvalue weighted by Gasteiger charge is -2.10. The maximum Gasteiger partial charge on any atom is 0.272 e. The highest BCUT2D eigenvalue weighted by atomic mass is 35.5. The van der Waals surface area contributed by atoms with Gasteiger partial charge in [0, 0.05) is 17.1 Å². The molecule has 0 fully saturated rings. The number of benzene rings is 2. The summed E-state index contributed by atoms with van der Waals surface area (Å²) in [6, 6.07) is 16.9. The molecule has 0 aliphatic carbocycles. The Morgan fingerprint density at radius 3 is 2.69 bits per heavy atom. The molecule has 2 aromatic heterocycles. The lowest BCUT2D eigenvalue weighted by molar-refractivity contribution is -0.113. The van der Waals surface area contributed by atoms with Crippen molar-refractivity contribution in [3.05, 3.63) is 70.0 Å². The Kier molecular flexibility index (Phi) is 6.83. The third-order valence-electron chi connectivity index (χ3n) is 4.74. The minimum atomic E-state index is -0.219. The molecule has 1 amide bonds. The lowest BCUT2D eigenvalue weighted by Crippen LogP contribution is -2.22. The van der Waals surface area contributed by atoms with Crippen LogP contribution in [-0.4, -0.2) is 28.3 Å². The number of ether oxygens (including phenoxy) is 1. The van der Waals surface area contributed by atoms with Crippen LogP contribution in [0.25, 0.3) is 20.7 Å². The van der Waals surface area contributed by atoms with Crippen molar-refractivity contribution in [1.29, 1.82) is 0 Å². The van der Waals surface area contributed by atoms with E-state index in [1.54, 1.807) is 22.8 Å². The molecule has 9 heteroatoms. The van der Waals surface area contributed by atoms with E-state index in [0.29, 0.717) is 38.4 Å². The zero-order valence-electron chi connectivity index (χ0n) is 17.4. The van der Waals surface area contributed by atoms with Gasteiger partial charge in [0.25, 0.3) is 5.56 Å². The second-order valence-electron chi connectivity index (χ2n) is 6.82. The number of methoxy groups -OCH3 is 1. The second kappa shape index (κ2) is 9.77. The SMILES string of the molecule is CCn1c(SCC(=O)Nc2ccc(OC)c(Cl)c2)nc2cc(-c3ccccc3)sc2c1=O. The van der Waals surface area contributed by atoms with E-state index in [2.05, 4.69) is 10.3 Å². The maximum atomic E-state index is 13.1. The fourth-order valence-electron chi connectivity index (χ4n) is 3.20. The molecule has 0 aliphatic rings. The molecule has 0 saturated carbocycles. The second-order valence-corrected chi connectivity index (χ2v) is 9.22. The molecule has 4 aromatic rings. The predicted molar refractivity (Wildman–Crippen MR) is 132 cm³/mol. The van der Waals surface area contributed by atoms with Gasteiger partial charge in [-0.3, -0.25) is 14.2 Å². The molecule has 0 atom stereocenters. The molecule has 0 aliphatic heterocycles. The Labute approximate surface area is 198 Å². The number of nitrogens with zero attached hydrogens (tertiary/aromatic N) is 2. The fourth-order valence-corrected chi connectivity index (χ4v) is 5.37. The molecule has 0 bridgehead atoms. The molecule has 2 aromatic carbocycles. The largest absolute Gasteiger partial charge is 0.495 e. The minimum absolute atomic E-state index is 0.0884. The van der Waals surface area contributed by atoms with Crippen molar-refractivity contribution in [2.75, 3.05) is 18.2 Å². The van der Waals surface area contributed by atoms with Crippen molar-refractivity contribution in [2.45, 2.75) is 18.6 Å². The Morgan fingerprint density at radius 1 is 1.22 bits per heavy atom. The topological polar surface area (TPSA) is 73.2 Å². The van der Waals surface area contributed by atoms with Gasteiger partial charge in [-0.1, -0.05) is 53.7 Å². The van der Waals surface area contributed by atoms with Crippen LogP contribution in [0.4, 0.5) is 5.69 Å². The first-order valence-electron chi connectivity index (χ1n) is 9.86. The number of thioether (sulfide) groups is 1. The van der Waals surface area contributed by atoms with Crippen LogP contribution in [0.5, 0.6) is 5.75 Å². The minimum Gasteiger partial charge on any atom is -0.495 e. The summed E-state index contributed by atoms with van der Waals surface area (Å²) in [6.45, 7) is 2.36. The van der Waals surface area contributed by atoms with E-state index >= 15 is 0 Å². The molecule has 0 spiro atoms. The zero-order valence-corrected chi connectivity index (χ0v) is 19.8. The normalized spacial score (nSPS) is 11.0. The van der Waals surface area contributed by atoms with Crippen LogP contribution in [0.15, 0.2) is 64.5 Å². The molecule has 6 nitrogen and oxygen atoms in total. The van der Waals surface area contributed by atoms with E-state index in [1.807, 2.05) is 43.3 Å². The number of carbonyl (C=O) groups excluding carboxylic acids is 1. The van der Waals surface area contributed by atoms with Crippen molar-refractivity contribution in [2.24, 2.45) is 0 Å². The van der Waals surface area contributed by atoms with Crippen LogP contribution in [0, 0.1) is 0 Å². The molecule has 0 saturated heterocycles.